The highest BCUT2D eigenvalue weighted by molar-refractivity contribution is 7.99. The highest BCUT2D eigenvalue weighted by Crippen LogP contribution is 2.23. The summed E-state index contributed by atoms with van der Waals surface area (Å²) >= 11 is 7.21. The van der Waals surface area contributed by atoms with Gasteiger partial charge in [0.25, 0.3) is 5.91 Å². The first kappa shape index (κ1) is 21.7. The zero-order chi connectivity index (χ0) is 21.7. The number of nitrogens with zero attached hydrogens (tertiary/aromatic N) is 2. The fourth-order valence-corrected chi connectivity index (χ4v) is 3.85. The molecular formula is C21H21ClN4O3S. The molecule has 156 valence electrons. The molecule has 0 radical (unpaired) electrons. The van der Waals surface area contributed by atoms with Gasteiger partial charge in [0.1, 0.15) is 5.75 Å². The van der Waals surface area contributed by atoms with Crippen LogP contribution in [-0.4, -0.2) is 34.2 Å². The van der Waals surface area contributed by atoms with Gasteiger partial charge in [0.2, 0.25) is 5.91 Å². The Labute approximate surface area is 183 Å². The van der Waals surface area contributed by atoms with E-state index >= 15 is 0 Å². The summed E-state index contributed by atoms with van der Waals surface area (Å²) in [7, 11) is 1.45. The number of halogens is 1. The van der Waals surface area contributed by atoms with Crippen molar-refractivity contribution in [3.05, 3.63) is 70.5 Å². The maximum atomic E-state index is 12.3. The molecule has 2 amide bonds. The summed E-state index contributed by atoms with van der Waals surface area (Å²) in [6, 6.07) is 10.9. The molecule has 0 atom stereocenters. The number of hydrogen-bond donors (Lipinski definition) is 2. The van der Waals surface area contributed by atoms with Gasteiger partial charge in [0, 0.05) is 23.1 Å². The Hall–Kier alpha value is -2.97. The van der Waals surface area contributed by atoms with Gasteiger partial charge in [0.05, 0.1) is 18.4 Å². The number of hydrogen-bond acceptors (Lipinski definition) is 5. The summed E-state index contributed by atoms with van der Waals surface area (Å²) in [5, 5.41) is 1.07. The normalized spacial score (nSPS) is 10.5. The van der Waals surface area contributed by atoms with Crippen LogP contribution in [0.3, 0.4) is 0 Å². The Kier molecular flexibility index (Phi) is 7.02. The molecule has 3 aromatic rings. The van der Waals surface area contributed by atoms with Gasteiger partial charge in [-0.25, -0.2) is 4.98 Å². The minimum Gasteiger partial charge on any atom is -0.496 e. The number of rotatable bonds is 6. The number of hydrazine groups is 1. The summed E-state index contributed by atoms with van der Waals surface area (Å²) in [6.45, 7) is 4.07. The van der Waals surface area contributed by atoms with Crippen LogP contribution in [0, 0.1) is 13.8 Å². The number of benzene rings is 2. The van der Waals surface area contributed by atoms with Crippen LogP contribution in [0.25, 0.3) is 5.69 Å². The van der Waals surface area contributed by atoms with Crippen molar-refractivity contribution in [2.45, 2.75) is 19.0 Å². The molecule has 0 spiro atoms. The lowest BCUT2D eigenvalue weighted by atomic mass is 10.1. The highest BCUT2D eigenvalue weighted by atomic mass is 35.5. The molecule has 3 rings (SSSR count). The van der Waals surface area contributed by atoms with Crippen molar-refractivity contribution in [3.8, 4) is 11.4 Å². The van der Waals surface area contributed by atoms with E-state index in [4.69, 9.17) is 16.3 Å². The molecule has 30 heavy (non-hydrogen) atoms. The first-order valence-corrected chi connectivity index (χ1v) is 10.4. The number of methoxy groups -OCH3 is 1. The summed E-state index contributed by atoms with van der Waals surface area (Å²) in [5.41, 5.74) is 8.27. The Morgan fingerprint density at radius 2 is 1.87 bits per heavy atom. The van der Waals surface area contributed by atoms with Gasteiger partial charge in [-0.3, -0.25) is 25.0 Å². The molecule has 2 aromatic carbocycles. The number of carbonyl (C=O) groups excluding carboxylic acids is 2. The maximum Gasteiger partial charge on any atom is 0.273 e. The van der Waals surface area contributed by atoms with Crippen molar-refractivity contribution >= 4 is 35.2 Å². The van der Waals surface area contributed by atoms with Crippen molar-refractivity contribution in [1.82, 2.24) is 20.4 Å². The third-order valence-electron chi connectivity index (χ3n) is 4.15. The molecular weight excluding hydrogens is 424 g/mol. The van der Waals surface area contributed by atoms with Gasteiger partial charge >= 0.3 is 0 Å². The first-order chi connectivity index (χ1) is 14.4. The van der Waals surface area contributed by atoms with Crippen LogP contribution >= 0.6 is 23.4 Å². The number of imidazole rings is 1. The topological polar surface area (TPSA) is 85.2 Å². The largest absolute Gasteiger partial charge is 0.496 e. The Morgan fingerprint density at radius 3 is 2.57 bits per heavy atom. The number of carbonyl (C=O) groups is 2. The second kappa shape index (κ2) is 9.69. The van der Waals surface area contributed by atoms with E-state index in [1.807, 2.05) is 24.6 Å². The molecule has 0 aliphatic heterocycles. The van der Waals surface area contributed by atoms with Gasteiger partial charge in [-0.2, -0.15) is 0 Å². The minimum atomic E-state index is -0.524. The average Bonchev–Trinajstić information content (AvgIpc) is 3.18. The molecule has 0 fully saturated rings. The summed E-state index contributed by atoms with van der Waals surface area (Å²) in [6.07, 6.45) is 3.53. The maximum absolute atomic E-state index is 12.3. The van der Waals surface area contributed by atoms with Gasteiger partial charge < -0.3 is 4.74 Å². The fraction of sp³-hybridized carbons (Fsp3) is 0.190. The second-order valence-electron chi connectivity index (χ2n) is 6.56. The minimum absolute atomic E-state index is 0.0781. The third-order valence-corrected chi connectivity index (χ3v) is 5.35. The molecule has 0 unspecified atom stereocenters. The molecule has 9 heteroatoms. The van der Waals surface area contributed by atoms with E-state index in [0.29, 0.717) is 15.9 Å². The van der Waals surface area contributed by atoms with E-state index in [1.165, 1.54) is 24.9 Å². The van der Waals surface area contributed by atoms with E-state index in [1.54, 1.807) is 18.3 Å². The molecule has 0 bridgehead atoms. The SMILES string of the molecule is COc1ccc(Cl)cc1C(=O)NNC(=O)CSc1nccn1-c1cc(C)cc(C)c1. The Morgan fingerprint density at radius 1 is 1.13 bits per heavy atom. The molecule has 1 heterocycles. The fourth-order valence-electron chi connectivity index (χ4n) is 2.90. The monoisotopic (exact) mass is 444 g/mol. The van der Waals surface area contributed by atoms with E-state index in [9.17, 15) is 9.59 Å². The van der Waals surface area contributed by atoms with Crippen LogP contribution in [0.1, 0.15) is 21.5 Å². The third kappa shape index (κ3) is 5.34. The van der Waals surface area contributed by atoms with Gasteiger partial charge in [-0.05, 0) is 55.3 Å². The molecule has 2 N–H and O–H groups in total. The number of amides is 2. The van der Waals surface area contributed by atoms with Crippen molar-refractivity contribution < 1.29 is 14.3 Å². The van der Waals surface area contributed by atoms with E-state index < -0.39 is 5.91 Å². The number of thioether (sulfide) groups is 1. The van der Waals surface area contributed by atoms with Crippen molar-refractivity contribution in [1.29, 1.82) is 0 Å². The van der Waals surface area contributed by atoms with Crippen LogP contribution in [0.2, 0.25) is 5.02 Å². The summed E-state index contributed by atoms with van der Waals surface area (Å²) < 4.78 is 7.07. The van der Waals surface area contributed by atoms with Crippen LogP contribution in [0.4, 0.5) is 0 Å². The lowest BCUT2D eigenvalue weighted by Gasteiger charge is -2.11. The zero-order valence-corrected chi connectivity index (χ0v) is 18.3. The van der Waals surface area contributed by atoms with Gasteiger partial charge in [0.15, 0.2) is 5.16 Å². The quantitative estimate of drug-likeness (QED) is 0.447. The lowest BCUT2D eigenvalue weighted by Crippen LogP contribution is -2.42. The number of ether oxygens (including phenoxy) is 1. The van der Waals surface area contributed by atoms with E-state index in [-0.39, 0.29) is 17.2 Å². The van der Waals surface area contributed by atoms with Crippen LogP contribution in [0.5, 0.6) is 5.75 Å². The predicted octanol–water partition coefficient (Wildman–Crippen LogP) is 3.70. The number of nitrogens with one attached hydrogen (secondary N) is 2. The van der Waals surface area contributed by atoms with Crippen LogP contribution < -0.4 is 15.6 Å². The van der Waals surface area contributed by atoms with Crippen molar-refractivity contribution in [2.75, 3.05) is 12.9 Å². The smallest absolute Gasteiger partial charge is 0.273 e. The standard InChI is InChI=1S/C21H21ClN4O3S/c1-13-8-14(2)10-16(9-13)26-7-6-23-21(26)30-12-19(27)24-25-20(28)17-11-15(22)4-5-18(17)29-3/h4-11H,12H2,1-3H3,(H,24,27)(H,25,28). The predicted molar refractivity (Wildman–Crippen MR) is 117 cm³/mol. The van der Waals surface area contributed by atoms with E-state index in [0.717, 1.165) is 16.8 Å². The molecule has 0 aliphatic carbocycles. The summed E-state index contributed by atoms with van der Waals surface area (Å²) in [5.74, 6) is -0.459. The number of aryl methyl sites for hydroxylation is 2. The molecule has 0 saturated heterocycles. The molecule has 0 saturated carbocycles. The average molecular weight is 445 g/mol. The molecule has 0 aliphatic rings. The first-order valence-electron chi connectivity index (χ1n) is 9.05. The second-order valence-corrected chi connectivity index (χ2v) is 7.94. The molecule has 7 nitrogen and oxygen atoms in total. The van der Waals surface area contributed by atoms with Crippen LogP contribution in [0.15, 0.2) is 53.9 Å². The van der Waals surface area contributed by atoms with Gasteiger partial charge in [-0.15, -0.1) is 0 Å². The van der Waals surface area contributed by atoms with Crippen LogP contribution in [-0.2, 0) is 4.79 Å². The van der Waals surface area contributed by atoms with E-state index in [2.05, 4.69) is 34.0 Å². The van der Waals surface area contributed by atoms with Gasteiger partial charge in [-0.1, -0.05) is 29.4 Å². The van der Waals surface area contributed by atoms with Crippen molar-refractivity contribution in [3.63, 3.8) is 0 Å². The zero-order valence-electron chi connectivity index (χ0n) is 16.7. The highest BCUT2D eigenvalue weighted by Gasteiger charge is 2.15. The van der Waals surface area contributed by atoms with Crippen molar-refractivity contribution in [2.24, 2.45) is 0 Å². The number of aromatic nitrogens is 2. The Balaban J connectivity index is 1.59. The lowest BCUT2D eigenvalue weighted by molar-refractivity contribution is -0.119. The summed E-state index contributed by atoms with van der Waals surface area (Å²) in [4.78, 5) is 28.9. The Bertz CT molecular complexity index is 1060. The molecule has 1 aromatic heterocycles.